The molecule has 1 fully saturated rings. The van der Waals surface area contributed by atoms with Crippen LogP contribution in [0.2, 0.25) is 0 Å². The third-order valence-corrected chi connectivity index (χ3v) is 6.03. The molecule has 1 aliphatic rings. The Morgan fingerprint density at radius 3 is 2.58 bits per heavy atom. The number of carbonyl (C=O) groups excluding carboxylic acids is 1. The Morgan fingerprint density at radius 1 is 1.10 bits per heavy atom. The van der Waals surface area contributed by atoms with E-state index >= 15 is 0 Å². The van der Waals surface area contributed by atoms with E-state index in [-0.39, 0.29) is 11.7 Å². The smallest absolute Gasteiger partial charge is 0.234 e. The SMILES string of the molecule is COc1ccccc1-n1nnnc1SCC(=O)Nc1ccc(N2CCN(C)CC2)cc1. The molecule has 0 atom stereocenters. The summed E-state index contributed by atoms with van der Waals surface area (Å²) >= 11 is 1.27. The van der Waals surface area contributed by atoms with Crippen LogP contribution in [0.4, 0.5) is 11.4 Å². The lowest BCUT2D eigenvalue weighted by Gasteiger charge is -2.34. The van der Waals surface area contributed by atoms with E-state index in [1.807, 2.05) is 36.4 Å². The van der Waals surface area contributed by atoms with Gasteiger partial charge in [0, 0.05) is 37.6 Å². The number of aromatic nitrogens is 4. The van der Waals surface area contributed by atoms with Gasteiger partial charge in [0.15, 0.2) is 0 Å². The average molecular weight is 440 g/mol. The molecule has 0 radical (unpaired) electrons. The van der Waals surface area contributed by atoms with E-state index < -0.39 is 0 Å². The molecule has 1 aliphatic heterocycles. The number of nitrogens with one attached hydrogen (secondary N) is 1. The van der Waals surface area contributed by atoms with Crippen LogP contribution in [0.25, 0.3) is 5.69 Å². The van der Waals surface area contributed by atoms with E-state index in [0.717, 1.165) is 37.6 Å². The Kier molecular flexibility index (Phi) is 6.68. The van der Waals surface area contributed by atoms with Crippen LogP contribution < -0.4 is 15.0 Å². The highest BCUT2D eigenvalue weighted by molar-refractivity contribution is 7.99. The summed E-state index contributed by atoms with van der Waals surface area (Å²) in [6, 6.07) is 15.4. The Balaban J connectivity index is 1.34. The Morgan fingerprint density at radius 2 is 1.84 bits per heavy atom. The summed E-state index contributed by atoms with van der Waals surface area (Å²) < 4.78 is 6.95. The number of carbonyl (C=O) groups is 1. The summed E-state index contributed by atoms with van der Waals surface area (Å²) in [4.78, 5) is 17.1. The van der Waals surface area contributed by atoms with Gasteiger partial charge in [0.2, 0.25) is 11.1 Å². The molecule has 1 N–H and O–H groups in total. The Hall–Kier alpha value is -3.11. The number of hydrogen-bond acceptors (Lipinski definition) is 8. The topological polar surface area (TPSA) is 88.4 Å². The predicted molar refractivity (Wildman–Crippen MR) is 121 cm³/mol. The maximum Gasteiger partial charge on any atom is 0.234 e. The number of nitrogens with zero attached hydrogens (tertiary/aromatic N) is 6. The fourth-order valence-corrected chi connectivity index (χ4v) is 4.06. The zero-order valence-electron chi connectivity index (χ0n) is 17.6. The molecule has 1 saturated heterocycles. The standard InChI is InChI=1S/C21H25N7O2S/c1-26-11-13-27(14-12-26)17-9-7-16(8-10-17)22-20(29)15-31-21-23-24-25-28(21)18-5-3-4-6-19(18)30-2/h3-10H,11-15H2,1-2H3,(H,22,29). The second-order valence-corrected chi connectivity index (χ2v) is 8.16. The fraction of sp³-hybridized carbons (Fsp3) is 0.333. The van der Waals surface area contributed by atoms with Crippen molar-refractivity contribution in [3.8, 4) is 11.4 Å². The average Bonchev–Trinajstić information content (AvgIpc) is 3.27. The van der Waals surface area contributed by atoms with Crippen LogP contribution in [0.5, 0.6) is 5.75 Å². The summed E-state index contributed by atoms with van der Waals surface area (Å²) in [7, 11) is 3.74. The minimum absolute atomic E-state index is 0.119. The molecule has 2 aromatic carbocycles. The number of ether oxygens (including phenoxy) is 1. The number of para-hydroxylation sites is 2. The monoisotopic (exact) mass is 439 g/mol. The van der Waals surface area contributed by atoms with Gasteiger partial charge >= 0.3 is 0 Å². The van der Waals surface area contributed by atoms with Gasteiger partial charge in [0.1, 0.15) is 11.4 Å². The van der Waals surface area contributed by atoms with Gasteiger partial charge in [-0.1, -0.05) is 23.9 Å². The van der Waals surface area contributed by atoms with E-state index in [0.29, 0.717) is 10.9 Å². The first-order chi connectivity index (χ1) is 15.1. The highest BCUT2D eigenvalue weighted by Gasteiger charge is 2.16. The molecule has 0 saturated carbocycles. The molecule has 0 unspecified atom stereocenters. The van der Waals surface area contributed by atoms with Crippen molar-refractivity contribution >= 4 is 29.0 Å². The number of rotatable bonds is 7. The van der Waals surface area contributed by atoms with Gasteiger partial charge in [0.05, 0.1) is 12.9 Å². The lowest BCUT2D eigenvalue weighted by Crippen LogP contribution is -2.44. The normalized spacial score (nSPS) is 14.5. The maximum atomic E-state index is 12.5. The quantitative estimate of drug-likeness (QED) is 0.561. The third kappa shape index (κ3) is 5.15. The largest absolute Gasteiger partial charge is 0.494 e. The number of hydrogen-bond donors (Lipinski definition) is 1. The Labute approximate surface area is 185 Å². The maximum absolute atomic E-state index is 12.5. The highest BCUT2D eigenvalue weighted by atomic mass is 32.2. The number of thioether (sulfide) groups is 1. The van der Waals surface area contributed by atoms with Crippen molar-refractivity contribution < 1.29 is 9.53 Å². The van der Waals surface area contributed by atoms with Crippen molar-refractivity contribution in [2.75, 3.05) is 56.3 Å². The van der Waals surface area contributed by atoms with Gasteiger partial charge in [-0.2, -0.15) is 4.68 Å². The van der Waals surface area contributed by atoms with Crippen molar-refractivity contribution in [1.29, 1.82) is 0 Å². The zero-order valence-corrected chi connectivity index (χ0v) is 18.4. The second-order valence-electron chi connectivity index (χ2n) is 7.22. The molecular weight excluding hydrogens is 414 g/mol. The van der Waals surface area contributed by atoms with Crippen LogP contribution in [-0.2, 0) is 4.79 Å². The highest BCUT2D eigenvalue weighted by Crippen LogP contribution is 2.26. The summed E-state index contributed by atoms with van der Waals surface area (Å²) in [5.74, 6) is 0.726. The molecule has 3 aromatic rings. The van der Waals surface area contributed by atoms with Gasteiger partial charge in [-0.05, 0) is 53.9 Å². The molecule has 0 bridgehead atoms. The van der Waals surface area contributed by atoms with Crippen LogP contribution >= 0.6 is 11.8 Å². The zero-order chi connectivity index (χ0) is 21.6. The summed E-state index contributed by atoms with van der Waals surface area (Å²) in [6.07, 6.45) is 0. The van der Waals surface area contributed by atoms with Crippen molar-refractivity contribution in [2.24, 2.45) is 0 Å². The molecule has 10 heteroatoms. The van der Waals surface area contributed by atoms with Gasteiger partial charge in [-0.25, -0.2) is 0 Å². The lowest BCUT2D eigenvalue weighted by molar-refractivity contribution is -0.113. The molecule has 1 aromatic heterocycles. The lowest BCUT2D eigenvalue weighted by atomic mass is 10.2. The molecule has 4 rings (SSSR count). The van der Waals surface area contributed by atoms with E-state index in [1.165, 1.54) is 17.4 Å². The third-order valence-electron chi connectivity index (χ3n) is 5.11. The summed E-state index contributed by atoms with van der Waals surface area (Å²) in [5, 5.41) is 15.3. The van der Waals surface area contributed by atoms with Crippen molar-refractivity contribution in [3.63, 3.8) is 0 Å². The van der Waals surface area contributed by atoms with E-state index in [2.05, 4.69) is 49.8 Å². The molecule has 1 amide bonds. The van der Waals surface area contributed by atoms with E-state index in [1.54, 1.807) is 11.8 Å². The van der Waals surface area contributed by atoms with Crippen LogP contribution in [0.1, 0.15) is 0 Å². The first kappa shape index (κ1) is 21.1. The minimum atomic E-state index is -0.119. The van der Waals surface area contributed by atoms with Crippen molar-refractivity contribution in [1.82, 2.24) is 25.1 Å². The number of benzene rings is 2. The van der Waals surface area contributed by atoms with Crippen LogP contribution in [0.15, 0.2) is 53.7 Å². The summed E-state index contributed by atoms with van der Waals surface area (Å²) in [6.45, 7) is 4.15. The molecule has 2 heterocycles. The molecular formula is C21H25N7O2S. The van der Waals surface area contributed by atoms with Crippen LogP contribution in [0.3, 0.4) is 0 Å². The second kappa shape index (κ2) is 9.80. The minimum Gasteiger partial charge on any atom is -0.494 e. The Bertz CT molecular complexity index is 1020. The van der Waals surface area contributed by atoms with Gasteiger partial charge in [-0.15, -0.1) is 5.10 Å². The number of tetrazole rings is 1. The number of piperazine rings is 1. The number of likely N-dealkylation sites (N-methyl/N-ethyl adjacent to an activating group) is 1. The molecule has 162 valence electrons. The number of methoxy groups -OCH3 is 1. The van der Waals surface area contributed by atoms with Crippen molar-refractivity contribution in [2.45, 2.75) is 5.16 Å². The molecule has 31 heavy (non-hydrogen) atoms. The van der Waals surface area contributed by atoms with Crippen LogP contribution in [0, 0.1) is 0 Å². The summed E-state index contributed by atoms with van der Waals surface area (Å²) in [5.41, 5.74) is 2.67. The fourth-order valence-electron chi connectivity index (χ4n) is 3.37. The molecule has 9 nitrogen and oxygen atoms in total. The molecule has 0 aliphatic carbocycles. The van der Waals surface area contributed by atoms with Gasteiger partial charge < -0.3 is 19.9 Å². The molecule has 0 spiro atoms. The van der Waals surface area contributed by atoms with E-state index in [4.69, 9.17) is 4.74 Å². The first-order valence-electron chi connectivity index (χ1n) is 10.0. The predicted octanol–water partition coefficient (Wildman–Crippen LogP) is 2.15. The first-order valence-corrected chi connectivity index (χ1v) is 11.0. The number of amides is 1. The van der Waals surface area contributed by atoms with E-state index in [9.17, 15) is 4.79 Å². The van der Waals surface area contributed by atoms with Crippen LogP contribution in [-0.4, -0.2) is 77.1 Å². The van der Waals surface area contributed by atoms with Gasteiger partial charge in [0.25, 0.3) is 0 Å². The number of anilines is 2. The van der Waals surface area contributed by atoms with Crippen molar-refractivity contribution in [3.05, 3.63) is 48.5 Å². The van der Waals surface area contributed by atoms with Gasteiger partial charge in [-0.3, -0.25) is 4.79 Å².